The van der Waals surface area contributed by atoms with Crippen molar-refractivity contribution in [3.05, 3.63) is 77.4 Å². The fourth-order valence-electron chi connectivity index (χ4n) is 3.47. The summed E-state index contributed by atoms with van der Waals surface area (Å²) in [5.41, 5.74) is 11.3. The number of anilines is 1. The number of carboxylic acid groups (broad SMARTS) is 1. The largest absolute Gasteiger partial charge is 0.493 e. The van der Waals surface area contributed by atoms with Crippen molar-refractivity contribution in [2.75, 3.05) is 46.8 Å². The number of amidine groups is 1. The van der Waals surface area contributed by atoms with E-state index < -0.39 is 35.6 Å². The molecule has 7 N–H and O–H groups in total. The molecule has 256 valence electrons. The van der Waals surface area contributed by atoms with Crippen molar-refractivity contribution >= 4 is 36.0 Å². The predicted molar refractivity (Wildman–Crippen MR) is 169 cm³/mol. The molecule has 14 nitrogen and oxygen atoms in total. The van der Waals surface area contributed by atoms with E-state index in [0.717, 1.165) is 6.07 Å². The van der Waals surface area contributed by atoms with Crippen LogP contribution in [0.3, 0.4) is 0 Å². The summed E-state index contributed by atoms with van der Waals surface area (Å²) in [6, 6.07) is 7.34. The molecule has 0 bridgehead atoms. The van der Waals surface area contributed by atoms with E-state index in [-0.39, 0.29) is 28.5 Å². The zero-order valence-electron chi connectivity index (χ0n) is 26.4. The molecule has 17 heteroatoms. The van der Waals surface area contributed by atoms with Gasteiger partial charge in [0.1, 0.15) is 17.7 Å². The Labute approximate surface area is 269 Å². The van der Waals surface area contributed by atoms with Gasteiger partial charge < -0.3 is 35.3 Å². The summed E-state index contributed by atoms with van der Waals surface area (Å²) in [5, 5.41) is 18.0. The van der Waals surface area contributed by atoms with Crippen molar-refractivity contribution in [2.45, 2.75) is 18.9 Å². The van der Waals surface area contributed by atoms with Crippen LogP contribution >= 0.6 is 0 Å². The number of aliphatic imine (C=N–C) groups is 1. The number of methoxy groups -OCH3 is 3. The molecule has 0 aliphatic heterocycles. The molecule has 0 aromatic heterocycles. The maximum absolute atomic E-state index is 15.2. The Bertz CT molecular complexity index is 1480. The first kappa shape index (κ1) is 39.4. The average Bonchev–Trinajstić information content (AvgIpc) is 3.03. The number of halogens is 3. The second-order valence-corrected chi connectivity index (χ2v) is 9.52. The lowest BCUT2D eigenvalue weighted by Crippen LogP contribution is -2.46. The lowest BCUT2D eigenvalue weighted by atomic mass is 10.0. The first-order valence-electron chi connectivity index (χ1n) is 13.4. The van der Waals surface area contributed by atoms with Crippen molar-refractivity contribution in [3.63, 3.8) is 0 Å². The maximum atomic E-state index is 15.2. The first-order chi connectivity index (χ1) is 22.0. The number of carbonyl (C=O) groups excluding carboxylic acids is 2. The van der Waals surface area contributed by atoms with Crippen LogP contribution in [0.15, 0.2) is 65.4 Å². The van der Waals surface area contributed by atoms with Gasteiger partial charge in [-0.15, -0.1) is 0 Å². The van der Waals surface area contributed by atoms with Gasteiger partial charge in [-0.2, -0.15) is 8.78 Å². The number of nitrogens with zero attached hydrogens (tertiary/aromatic N) is 2. The molecule has 1 atom stereocenters. The molecule has 0 fully saturated rings. The number of nitrogen functional groups attached to an aromatic ring is 1. The van der Waals surface area contributed by atoms with E-state index >= 15 is 4.39 Å². The second kappa shape index (κ2) is 18.4. The molecular weight excluding hydrogens is 627 g/mol. The number of alkyl halides is 2. The smallest absolute Gasteiger partial charge is 0.374 e. The monoisotopic (exact) mass is 665 g/mol. The van der Waals surface area contributed by atoms with E-state index in [1.807, 2.05) is 0 Å². The molecule has 0 saturated carbocycles. The quantitative estimate of drug-likeness (QED) is 0.0540. The molecule has 0 radical (unpaired) electrons. The number of benzene rings is 2. The first-order valence-corrected chi connectivity index (χ1v) is 13.4. The number of nitrogens with two attached hydrogens (primary N) is 1. The van der Waals surface area contributed by atoms with E-state index in [1.165, 1.54) is 26.5 Å². The minimum Gasteiger partial charge on any atom is -0.493 e. The lowest BCUT2D eigenvalue weighted by Gasteiger charge is -2.24. The van der Waals surface area contributed by atoms with Gasteiger partial charge in [-0.3, -0.25) is 30.8 Å². The second-order valence-electron chi connectivity index (χ2n) is 9.52. The van der Waals surface area contributed by atoms with Crippen LogP contribution in [0.25, 0.3) is 0 Å². The van der Waals surface area contributed by atoms with Gasteiger partial charge >= 0.3 is 11.9 Å². The van der Waals surface area contributed by atoms with Gasteiger partial charge in [0.2, 0.25) is 0 Å². The van der Waals surface area contributed by atoms with E-state index in [9.17, 15) is 23.2 Å². The Hall–Kier alpha value is -5.58. The zero-order valence-corrected chi connectivity index (χ0v) is 26.4. The minimum absolute atomic E-state index is 0.0375. The van der Waals surface area contributed by atoms with Crippen LogP contribution in [-0.4, -0.2) is 87.8 Å². The number of rotatable bonds is 15. The highest BCUT2D eigenvalue weighted by Crippen LogP contribution is 2.34. The Morgan fingerprint density at radius 3 is 2.15 bits per heavy atom. The van der Waals surface area contributed by atoms with Crippen molar-refractivity contribution in [2.24, 2.45) is 10.7 Å². The molecule has 2 aromatic rings. The maximum Gasteiger partial charge on any atom is 0.374 e. The van der Waals surface area contributed by atoms with Crippen molar-refractivity contribution in [3.8, 4) is 11.5 Å². The van der Waals surface area contributed by atoms with Gasteiger partial charge in [-0.25, -0.2) is 9.18 Å². The van der Waals surface area contributed by atoms with E-state index in [2.05, 4.69) is 34.5 Å². The number of hydrazine groups is 1. The van der Waals surface area contributed by atoms with Crippen LogP contribution in [0.5, 0.6) is 11.5 Å². The summed E-state index contributed by atoms with van der Waals surface area (Å²) in [4.78, 5) is 40.9. The molecule has 0 aliphatic carbocycles. The van der Waals surface area contributed by atoms with Gasteiger partial charge in [-0.1, -0.05) is 6.58 Å². The number of likely N-dealkylation sites (N-methyl/N-ethyl adjacent to an activating group) is 1. The highest BCUT2D eigenvalue weighted by atomic mass is 19.3. The molecule has 47 heavy (non-hydrogen) atoms. The molecule has 2 amide bonds. The normalized spacial score (nSPS) is 11.5. The summed E-state index contributed by atoms with van der Waals surface area (Å²) < 4.78 is 53.2. The van der Waals surface area contributed by atoms with Crippen molar-refractivity contribution in [1.82, 2.24) is 15.8 Å². The van der Waals surface area contributed by atoms with Gasteiger partial charge in [0.05, 0.1) is 26.4 Å². The van der Waals surface area contributed by atoms with E-state index in [0.29, 0.717) is 37.0 Å². The Morgan fingerprint density at radius 1 is 1.13 bits per heavy atom. The minimum atomic E-state index is -3.58. The fourth-order valence-corrected chi connectivity index (χ4v) is 3.47. The standard InChI is InChI=1S/C27H34FN7O5.C3H4F2O2/c1-16(35(3)11-12-38-4)20(15-31-2)26(36)33-34-27(37)24(32-18-9-7-17(8-10-18)25(29)30)19-13-22(39-5)23(40-6)14-21(19)28;1-3(4,5)2(6)7/h7-10,13-15,24,32H,1-2,11-12H2,3-6H3,(H3,29,30)(H,33,36)(H,34,37);1H3,(H,6,7)/b20-15+;. The van der Waals surface area contributed by atoms with Crippen molar-refractivity contribution < 1.29 is 46.9 Å². The highest BCUT2D eigenvalue weighted by Gasteiger charge is 2.31. The van der Waals surface area contributed by atoms with Crippen LogP contribution in [0.1, 0.15) is 24.1 Å². The third-order valence-electron chi connectivity index (χ3n) is 6.13. The zero-order chi connectivity index (χ0) is 35.9. The number of hydrogen-bond acceptors (Lipinski definition) is 10. The summed E-state index contributed by atoms with van der Waals surface area (Å²) >= 11 is 0. The Morgan fingerprint density at radius 2 is 1.68 bits per heavy atom. The number of ether oxygens (including phenoxy) is 3. The van der Waals surface area contributed by atoms with Crippen LogP contribution in [0, 0.1) is 11.2 Å². The number of carboxylic acids is 1. The summed E-state index contributed by atoms with van der Waals surface area (Å²) in [7, 11) is 5.99. The summed E-state index contributed by atoms with van der Waals surface area (Å²) in [5.74, 6) is -7.79. The predicted octanol–water partition coefficient (Wildman–Crippen LogP) is 2.83. The Balaban J connectivity index is 0.00000141. The van der Waals surface area contributed by atoms with E-state index in [4.69, 9.17) is 30.5 Å². The van der Waals surface area contributed by atoms with Gasteiger partial charge in [0.15, 0.2) is 11.5 Å². The van der Waals surface area contributed by atoms with Gasteiger partial charge in [0.25, 0.3) is 11.8 Å². The van der Waals surface area contributed by atoms with Crippen LogP contribution in [0.4, 0.5) is 18.9 Å². The molecule has 2 aromatic carbocycles. The van der Waals surface area contributed by atoms with Crippen LogP contribution < -0.4 is 31.4 Å². The summed E-state index contributed by atoms with van der Waals surface area (Å²) in [6.07, 6.45) is 1.20. The van der Waals surface area contributed by atoms with Crippen molar-refractivity contribution in [1.29, 1.82) is 5.41 Å². The SMILES string of the molecule is C=N/C=C(\C(=C)N(C)CCOC)C(=O)NNC(=O)C(Nc1ccc(C(=N)N)cc1)c1cc(OC)c(OC)cc1F.CC(F)(F)C(=O)O. The Kier molecular flexibility index (Phi) is 15.4. The lowest BCUT2D eigenvalue weighted by molar-refractivity contribution is -0.161. The number of hydrogen-bond donors (Lipinski definition) is 6. The van der Waals surface area contributed by atoms with E-state index in [1.54, 1.807) is 43.3 Å². The number of amides is 2. The molecule has 0 aliphatic rings. The topological polar surface area (TPSA) is 201 Å². The van der Waals surface area contributed by atoms with Gasteiger partial charge in [0, 0.05) is 62.4 Å². The highest BCUT2D eigenvalue weighted by molar-refractivity contribution is 5.99. The molecule has 2 rings (SSSR count). The molecular formula is C30H38F3N7O7. The molecule has 0 spiro atoms. The van der Waals surface area contributed by atoms with Crippen LogP contribution in [0.2, 0.25) is 0 Å². The number of aliphatic carboxylic acids is 1. The third kappa shape index (κ3) is 12.0. The fraction of sp³-hybridized carbons (Fsp3) is 0.300. The van der Waals surface area contributed by atoms with Crippen LogP contribution in [-0.2, 0) is 19.1 Å². The summed E-state index contributed by atoms with van der Waals surface area (Å²) in [6.45, 7) is 8.45. The molecule has 1 unspecified atom stereocenters. The average molecular weight is 666 g/mol. The molecule has 0 saturated heterocycles. The van der Waals surface area contributed by atoms with Gasteiger partial charge in [-0.05, 0) is 37.0 Å². The number of nitrogens with one attached hydrogen (secondary N) is 4. The third-order valence-corrected chi connectivity index (χ3v) is 6.13. The number of carbonyl (C=O) groups is 3. The molecule has 0 heterocycles.